The van der Waals surface area contributed by atoms with Gasteiger partial charge in [-0.05, 0) is 56.9 Å². The van der Waals surface area contributed by atoms with Crippen molar-refractivity contribution in [1.82, 2.24) is 4.57 Å². The highest BCUT2D eigenvalue weighted by molar-refractivity contribution is 7.07. The number of piperidine rings is 1. The summed E-state index contributed by atoms with van der Waals surface area (Å²) in [5.41, 5.74) is 1.39. The molecule has 0 N–H and O–H groups in total. The van der Waals surface area contributed by atoms with Crippen molar-refractivity contribution < 1.29 is 18.7 Å². The van der Waals surface area contributed by atoms with Crippen molar-refractivity contribution in [2.75, 3.05) is 31.2 Å². The Morgan fingerprint density at radius 1 is 1.18 bits per heavy atom. The second kappa shape index (κ2) is 11.3. The standard InChI is InChI=1S/C29H31N3O5S/c1-4-17-36-21-11-9-20(10-12-21)26-25(28(34)35-5-2)19(3)30-29-32(26)27(33)23(38-29)18-22-13-14-24(37-22)31-15-7-6-8-16-31/h4,9-14,18,26H,1,5-8,15-17H2,2-3H3/b23-18-/t26-/m0/s1. The lowest BCUT2D eigenvalue weighted by Gasteiger charge is -2.25. The highest BCUT2D eigenvalue weighted by atomic mass is 32.1. The minimum absolute atomic E-state index is 0.221. The van der Waals surface area contributed by atoms with Crippen LogP contribution in [0.15, 0.2) is 74.5 Å². The molecule has 1 saturated heterocycles. The number of benzene rings is 1. The highest BCUT2D eigenvalue weighted by Crippen LogP contribution is 2.31. The number of ether oxygens (including phenoxy) is 2. The van der Waals surface area contributed by atoms with Crippen LogP contribution in [0.3, 0.4) is 0 Å². The predicted octanol–water partition coefficient (Wildman–Crippen LogP) is 3.95. The lowest BCUT2D eigenvalue weighted by molar-refractivity contribution is -0.139. The largest absolute Gasteiger partial charge is 0.490 e. The number of hydrogen-bond acceptors (Lipinski definition) is 8. The predicted molar refractivity (Wildman–Crippen MR) is 147 cm³/mol. The van der Waals surface area contributed by atoms with Crippen molar-refractivity contribution in [1.29, 1.82) is 0 Å². The monoisotopic (exact) mass is 533 g/mol. The van der Waals surface area contributed by atoms with Gasteiger partial charge in [0.1, 0.15) is 18.1 Å². The van der Waals surface area contributed by atoms with E-state index in [0.29, 0.717) is 38.7 Å². The second-order valence-corrected chi connectivity index (χ2v) is 10.2. The number of furan rings is 1. The highest BCUT2D eigenvalue weighted by Gasteiger charge is 2.33. The van der Waals surface area contributed by atoms with E-state index in [2.05, 4.69) is 16.5 Å². The number of rotatable bonds is 8. The number of hydrogen-bond donors (Lipinski definition) is 0. The van der Waals surface area contributed by atoms with Crippen LogP contribution in [-0.4, -0.2) is 36.8 Å². The van der Waals surface area contributed by atoms with E-state index in [1.165, 1.54) is 17.8 Å². The number of allylic oxidation sites excluding steroid dienone is 1. The zero-order chi connectivity index (χ0) is 26.6. The lowest BCUT2D eigenvalue weighted by atomic mass is 9.96. The molecule has 0 unspecified atom stereocenters. The van der Waals surface area contributed by atoms with Gasteiger partial charge < -0.3 is 18.8 Å². The first-order valence-electron chi connectivity index (χ1n) is 12.9. The Bertz CT molecular complexity index is 1540. The van der Waals surface area contributed by atoms with Crippen LogP contribution in [0.5, 0.6) is 5.75 Å². The molecule has 0 radical (unpaired) electrons. The van der Waals surface area contributed by atoms with Gasteiger partial charge in [-0.2, -0.15) is 0 Å². The molecule has 0 bridgehead atoms. The SMILES string of the molecule is C=CCOc1ccc([C@H]2C(C(=O)OCC)=C(C)N=c3s/c(=C\c4ccc(N5CCCCC5)o4)c(=O)n32)cc1. The normalized spacial score (nSPS) is 17.7. The number of anilines is 1. The van der Waals surface area contributed by atoms with Crippen LogP contribution in [0.1, 0.15) is 50.5 Å². The van der Waals surface area contributed by atoms with Crippen molar-refractivity contribution in [2.45, 2.75) is 39.2 Å². The second-order valence-electron chi connectivity index (χ2n) is 9.19. The van der Waals surface area contributed by atoms with Crippen molar-refractivity contribution >= 4 is 29.3 Å². The van der Waals surface area contributed by atoms with Crippen LogP contribution in [-0.2, 0) is 9.53 Å². The van der Waals surface area contributed by atoms with Gasteiger partial charge >= 0.3 is 5.97 Å². The topological polar surface area (TPSA) is 86.3 Å². The van der Waals surface area contributed by atoms with Gasteiger partial charge in [0.25, 0.3) is 5.56 Å². The number of aromatic nitrogens is 1. The van der Waals surface area contributed by atoms with Crippen LogP contribution >= 0.6 is 11.3 Å². The third kappa shape index (κ3) is 5.11. The van der Waals surface area contributed by atoms with Crippen molar-refractivity contribution in [3.05, 3.63) is 91.3 Å². The molecular formula is C29H31N3O5S. The van der Waals surface area contributed by atoms with Gasteiger partial charge in [-0.1, -0.05) is 36.1 Å². The van der Waals surface area contributed by atoms with E-state index < -0.39 is 12.0 Å². The van der Waals surface area contributed by atoms with E-state index in [1.54, 1.807) is 30.6 Å². The minimum atomic E-state index is -0.679. The molecule has 1 atom stereocenters. The quantitative estimate of drug-likeness (QED) is 0.322. The molecule has 2 aromatic heterocycles. The zero-order valence-corrected chi connectivity index (χ0v) is 22.5. The van der Waals surface area contributed by atoms with Gasteiger partial charge in [-0.3, -0.25) is 9.36 Å². The van der Waals surface area contributed by atoms with E-state index in [9.17, 15) is 9.59 Å². The van der Waals surface area contributed by atoms with Gasteiger partial charge in [-0.25, -0.2) is 9.79 Å². The summed E-state index contributed by atoms with van der Waals surface area (Å²) in [6.07, 6.45) is 6.97. The van der Waals surface area contributed by atoms with Crippen molar-refractivity contribution in [3.8, 4) is 5.75 Å². The van der Waals surface area contributed by atoms with E-state index in [4.69, 9.17) is 13.9 Å². The third-order valence-corrected chi connectivity index (χ3v) is 7.62. The molecule has 8 nitrogen and oxygen atoms in total. The minimum Gasteiger partial charge on any atom is -0.490 e. The maximum atomic E-state index is 13.8. The number of nitrogens with zero attached hydrogens (tertiary/aromatic N) is 3. The number of carbonyl (C=O) groups excluding carboxylic acids is 1. The number of thiazole rings is 1. The van der Waals surface area contributed by atoms with Crippen LogP contribution in [0.25, 0.3) is 6.08 Å². The first-order chi connectivity index (χ1) is 18.5. The summed E-state index contributed by atoms with van der Waals surface area (Å²) in [4.78, 5) is 34.2. The molecule has 4 heterocycles. The van der Waals surface area contributed by atoms with E-state index >= 15 is 0 Å². The molecule has 198 valence electrons. The molecule has 9 heteroatoms. The Morgan fingerprint density at radius 3 is 2.66 bits per heavy atom. The Morgan fingerprint density at radius 2 is 1.95 bits per heavy atom. The van der Waals surface area contributed by atoms with Crippen molar-refractivity contribution in [3.63, 3.8) is 0 Å². The average molecular weight is 534 g/mol. The fourth-order valence-corrected chi connectivity index (χ4v) is 5.87. The molecule has 1 fully saturated rings. The molecule has 2 aliphatic heterocycles. The summed E-state index contributed by atoms with van der Waals surface area (Å²) in [6, 6.07) is 10.5. The summed E-state index contributed by atoms with van der Waals surface area (Å²) in [6.45, 7) is 9.75. The van der Waals surface area contributed by atoms with Crippen LogP contribution in [0.2, 0.25) is 0 Å². The number of esters is 1. The Hall–Kier alpha value is -3.85. The van der Waals surface area contributed by atoms with Crippen LogP contribution in [0.4, 0.5) is 5.88 Å². The maximum Gasteiger partial charge on any atom is 0.338 e. The number of fused-ring (bicyclic) bond motifs is 1. The molecule has 0 amide bonds. The molecule has 2 aliphatic rings. The van der Waals surface area contributed by atoms with Gasteiger partial charge in [0.15, 0.2) is 10.7 Å². The van der Waals surface area contributed by atoms with Gasteiger partial charge in [0, 0.05) is 25.2 Å². The maximum absolute atomic E-state index is 13.8. The lowest BCUT2D eigenvalue weighted by Crippen LogP contribution is -2.39. The van der Waals surface area contributed by atoms with Gasteiger partial charge in [0.2, 0.25) is 0 Å². The number of carbonyl (C=O) groups is 1. The molecule has 0 spiro atoms. The zero-order valence-electron chi connectivity index (χ0n) is 21.6. The molecule has 0 aliphatic carbocycles. The molecule has 5 rings (SSSR count). The molecule has 38 heavy (non-hydrogen) atoms. The summed E-state index contributed by atoms with van der Waals surface area (Å²) >= 11 is 1.28. The first-order valence-corrected chi connectivity index (χ1v) is 13.7. The summed E-state index contributed by atoms with van der Waals surface area (Å²) in [5.74, 6) is 1.61. The van der Waals surface area contributed by atoms with E-state index in [-0.39, 0.29) is 12.2 Å². The van der Waals surface area contributed by atoms with Crippen LogP contribution < -0.4 is 24.5 Å². The third-order valence-electron chi connectivity index (χ3n) is 6.63. The fourth-order valence-electron chi connectivity index (χ4n) is 4.84. The smallest absolute Gasteiger partial charge is 0.338 e. The molecule has 3 aromatic rings. The van der Waals surface area contributed by atoms with Crippen molar-refractivity contribution in [2.24, 2.45) is 4.99 Å². The summed E-state index contributed by atoms with van der Waals surface area (Å²) in [5, 5.41) is 0. The van der Waals surface area contributed by atoms with Gasteiger partial charge in [0.05, 0.1) is 28.5 Å². The first kappa shape index (κ1) is 25.8. The molecule has 0 saturated carbocycles. The molecular weight excluding hydrogens is 502 g/mol. The van der Waals surface area contributed by atoms with E-state index in [1.807, 2.05) is 36.4 Å². The summed E-state index contributed by atoms with van der Waals surface area (Å²) < 4.78 is 19.1. The van der Waals surface area contributed by atoms with E-state index in [0.717, 1.165) is 37.4 Å². The Kier molecular flexibility index (Phi) is 7.64. The average Bonchev–Trinajstić information content (AvgIpc) is 3.52. The summed E-state index contributed by atoms with van der Waals surface area (Å²) in [7, 11) is 0. The van der Waals surface area contributed by atoms with Crippen LogP contribution in [0, 0.1) is 0 Å². The fraction of sp³-hybridized carbons (Fsp3) is 0.345. The van der Waals surface area contributed by atoms with Gasteiger partial charge in [-0.15, -0.1) is 0 Å². The Balaban J connectivity index is 1.57. The molecule has 1 aromatic carbocycles. The Labute approximate surface area is 224 Å².